The van der Waals surface area contributed by atoms with Crippen molar-refractivity contribution in [1.82, 2.24) is 4.98 Å². The zero-order valence-electron chi connectivity index (χ0n) is 11.8. The number of hydrogen-bond acceptors (Lipinski definition) is 1. The molecular formula is C19H17N. The Balaban J connectivity index is 1.97. The average molecular weight is 259 g/mol. The first-order valence-electron chi connectivity index (χ1n) is 6.82. The summed E-state index contributed by atoms with van der Waals surface area (Å²) in [6.07, 6.45) is 1.95. The monoisotopic (exact) mass is 259 g/mol. The summed E-state index contributed by atoms with van der Waals surface area (Å²) in [5.41, 5.74) is 7.13. The van der Waals surface area contributed by atoms with E-state index in [9.17, 15) is 0 Å². The fourth-order valence-electron chi connectivity index (χ4n) is 2.49. The van der Waals surface area contributed by atoms with Crippen LogP contribution in [0.3, 0.4) is 0 Å². The maximum atomic E-state index is 4.58. The molecule has 0 radical (unpaired) electrons. The number of aromatic nitrogens is 1. The molecule has 98 valence electrons. The highest BCUT2D eigenvalue weighted by atomic mass is 14.7. The molecular weight excluding hydrogens is 242 g/mol. The van der Waals surface area contributed by atoms with E-state index in [4.69, 9.17) is 0 Å². The first-order chi connectivity index (χ1) is 9.72. The number of nitrogens with zero attached hydrogens (tertiary/aromatic N) is 1. The zero-order chi connectivity index (χ0) is 13.9. The molecule has 1 heteroatoms. The van der Waals surface area contributed by atoms with Gasteiger partial charge in [-0.1, -0.05) is 65.7 Å². The van der Waals surface area contributed by atoms with Gasteiger partial charge in [0.1, 0.15) is 0 Å². The number of aryl methyl sites for hydroxylation is 2. The first-order valence-corrected chi connectivity index (χ1v) is 6.82. The third-order valence-corrected chi connectivity index (χ3v) is 3.39. The van der Waals surface area contributed by atoms with E-state index in [1.54, 1.807) is 0 Å². The van der Waals surface area contributed by atoms with Gasteiger partial charge in [-0.2, -0.15) is 0 Å². The van der Waals surface area contributed by atoms with Crippen LogP contribution in [0.4, 0.5) is 0 Å². The molecule has 0 N–H and O–H groups in total. The topological polar surface area (TPSA) is 12.9 Å². The summed E-state index contributed by atoms with van der Waals surface area (Å²) in [7, 11) is 0. The van der Waals surface area contributed by atoms with Gasteiger partial charge in [-0.15, -0.1) is 0 Å². The van der Waals surface area contributed by atoms with Gasteiger partial charge in [0, 0.05) is 17.3 Å². The van der Waals surface area contributed by atoms with E-state index < -0.39 is 0 Å². The predicted octanol–water partition coefficient (Wildman–Crippen LogP) is 5.03. The van der Waals surface area contributed by atoms with Crippen molar-refractivity contribution in [3.8, 4) is 22.4 Å². The van der Waals surface area contributed by atoms with Crippen molar-refractivity contribution in [3.05, 3.63) is 78.0 Å². The lowest BCUT2D eigenvalue weighted by molar-refractivity contribution is 1.31. The van der Waals surface area contributed by atoms with E-state index in [0.717, 1.165) is 16.8 Å². The second-order valence-corrected chi connectivity index (χ2v) is 5.17. The van der Waals surface area contributed by atoms with Gasteiger partial charge in [0.05, 0.1) is 5.69 Å². The van der Waals surface area contributed by atoms with Gasteiger partial charge in [-0.05, 0) is 25.5 Å². The van der Waals surface area contributed by atoms with Gasteiger partial charge in [0.15, 0.2) is 0 Å². The lowest BCUT2D eigenvalue weighted by Crippen LogP contribution is -1.86. The molecule has 1 heterocycles. The summed E-state index contributed by atoms with van der Waals surface area (Å²) in [6.45, 7) is 4.25. The Morgan fingerprint density at radius 2 is 1.35 bits per heavy atom. The Kier molecular flexibility index (Phi) is 3.34. The van der Waals surface area contributed by atoms with Crippen LogP contribution in [0.15, 0.2) is 66.9 Å². The van der Waals surface area contributed by atoms with E-state index in [1.165, 1.54) is 16.7 Å². The van der Waals surface area contributed by atoms with Gasteiger partial charge in [0.25, 0.3) is 0 Å². The zero-order valence-corrected chi connectivity index (χ0v) is 11.8. The minimum atomic E-state index is 1.01. The van der Waals surface area contributed by atoms with Gasteiger partial charge in [-0.25, -0.2) is 0 Å². The summed E-state index contributed by atoms with van der Waals surface area (Å²) in [6, 6.07) is 21.1. The largest absolute Gasteiger partial charge is 0.256 e. The molecule has 0 aliphatic carbocycles. The minimum Gasteiger partial charge on any atom is -0.256 e. The van der Waals surface area contributed by atoms with Crippen molar-refractivity contribution < 1.29 is 0 Å². The molecule has 0 saturated carbocycles. The number of pyridine rings is 1. The van der Waals surface area contributed by atoms with Crippen LogP contribution in [0.2, 0.25) is 0 Å². The number of rotatable bonds is 2. The standard InChI is InChI=1S/C19H17N/c1-14-10-15(2)12-18(11-14)17-8-9-19(20-13-17)16-6-4-3-5-7-16/h3-13H,1-2H3. The summed E-state index contributed by atoms with van der Waals surface area (Å²) in [4.78, 5) is 4.58. The molecule has 0 amide bonds. The van der Waals surface area contributed by atoms with Crippen LogP contribution in [-0.2, 0) is 0 Å². The minimum absolute atomic E-state index is 1.01. The maximum Gasteiger partial charge on any atom is 0.0702 e. The van der Waals surface area contributed by atoms with Crippen molar-refractivity contribution in [3.63, 3.8) is 0 Å². The quantitative estimate of drug-likeness (QED) is 0.628. The second kappa shape index (κ2) is 5.30. The Morgan fingerprint density at radius 3 is 1.95 bits per heavy atom. The normalized spacial score (nSPS) is 10.5. The molecule has 0 aliphatic rings. The van der Waals surface area contributed by atoms with Gasteiger partial charge in [-0.3, -0.25) is 4.98 Å². The molecule has 2 aromatic carbocycles. The smallest absolute Gasteiger partial charge is 0.0702 e. The van der Waals surface area contributed by atoms with Crippen molar-refractivity contribution in [1.29, 1.82) is 0 Å². The summed E-state index contributed by atoms with van der Waals surface area (Å²) in [5, 5.41) is 0. The Morgan fingerprint density at radius 1 is 0.650 bits per heavy atom. The van der Waals surface area contributed by atoms with Crippen molar-refractivity contribution in [2.24, 2.45) is 0 Å². The van der Waals surface area contributed by atoms with Crippen LogP contribution in [0.1, 0.15) is 11.1 Å². The Hall–Kier alpha value is -2.41. The highest BCUT2D eigenvalue weighted by molar-refractivity contribution is 5.67. The summed E-state index contributed by atoms with van der Waals surface area (Å²) >= 11 is 0. The molecule has 0 unspecified atom stereocenters. The summed E-state index contributed by atoms with van der Waals surface area (Å²) < 4.78 is 0. The molecule has 0 bridgehead atoms. The fraction of sp³-hybridized carbons (Fsp3) is 0.105. The molecule has 3 rings (SSSR count). The average Bonchev–Trinajstić information content (AvgIpc) is 2.47. The van der Waals surface area contributed by atoms with Crippen molar-refractivity contribution in [2.75, 3.05) is 0 Å². The number of benzene rings is 2. The van der Waals surface area contributed by atoms with Gasteiger partial charge >= 0.3 is 0 Å². The van der Waals surface area contributed by atoms with Crippen molar-refractivity contribution in [2.45, 2.75) is 13.8 Å². The van der Waals surface area contributed by atoms with Crippen LogP contribution in [-0.4, -0.2) is 4.98 Å². The van der Waals surface area contributed by atoms with E-state index in [0.29, 0.717) is 0 Å². The molecule has 1 aromatic heterocycles. The Labute approximate surface area is 119 Å². The van der Waals surface area contributed by atoms with Crippen LogP contribution < -0.4 is 0 Å². The first kappa shape index (κ1) is 12.6. The van der Waals surface area contributed by atoms with E-state index in [-0.39, 0.29) is 0 Å². The molecule has 0 saturated heterocycles. The van der Waals surface area contributed by atoms with Crippen LogP contribution in [0, 0.1) is 13.8 Å². The highest BCUT2D eigenvalue weighted by Gasteiger charge is 2.02. The lowest BCUT2D eigenvalue weighted by atomic mass is 10.0. The molecule has 3 aromatic rings. The van der Waals surface area contributed by atoms with Crippen LogP contribution >= 0.6 is 0 Å². The number of hydrogen-bond donors (Lipinski definition) is 0. The van der Waals surface area contributed by atoms with Crippen LogP contribution in [0.5, 0.6) is 0 Å². The SMILES string of the molecule is Cc1cc(C)cc(-c2ccc(-c3ccccc3)nc2)c1. The van der Waals surface area contributed by atoms with Gasteiger partial charge < -0.3 is 0 Å². The molecule has 0 aliphatic heterocycles. The fourth-order valence-corrected chi connectivity index (χ4v) is 2.49. The Bertz CT molecular complexity index is 692. The molecule has 0 atom stereocenters. The van der Waals surface area contributed by atoms with Gasteiger partial charge in [0.2, 0.25) is 0 Å². The summed E-state index contributed by atoms with van der Waals surface area (Å²) in [5.74, 6) is 0. The van der Waals surface area contributed by atoms with E-state index in [1.807, 2.05) is 24.4 Å². The van der Waals surface area contributed by atoms with E-state index >= 15 is 0 Å². The van der Waals surface area contributed by atoms with Crippen molar-refractivity contribution >= 4 is 0 Å². The molecule has 20 heavy (non-hydrogen) atoms. The van der Waals surface area contributed by atoms with Crippen LogP contribution in [0.25, 0.3) is 22.4 Å². The molecule has 1 nitrogen and oxygen atoms in total. The highest BCUT2D eigenvalue weighted by Crippen LogP contribution is 2.24. The third-order valence-electron chi connectivity index (χ3n) is 3.39. The predicted molar refractivity (Wildman–Crippen MR) is 84.6 cm³/mol. The third kappa shape index (κ3) is 2.62. The molecule has 0 fully saturated rings. The molecule has 0 spiro atoms. The maximum absolute atomic E-state index is 4.58. The van der Waals surface area contributed by atoms with E-state index in [2.05, 4.69) is 61.3 Å². The lowest BCUT2D eigenvalue weighted by Gasteiger charge is -2.06. The second-order valence-electron chi connectivity index (χ2n) is 5.17.